The van der Waals surface area contributed by atoms with Gasteiger partial charge in [0.1, 0.15) is 0 Å². The summed E-state index contributed by atoms with van der Waals surface area (Å²) < 4.78 is 0. The van der Waals surface area contributed by atoms with E-state index in [1.165, 1.54) is 4.88 Å². The molecule has 0 fully saturated rings. The molecular formula is C14H15N3OS2. The van der Waals surface area contributed by atoms with Crippen molar-refractivity contribution in [1.82, 2.24) is 9.88 Å². The molecule has 1 aliphatic heterocycles. The van der Waals surface area contributed by atoms with Crippen LogP contribution in [0.4, 0.5) is 5.13 Å². The summed E-state index contributed by atoms with van der Waals surface area (Å²) in [5.74, 6) is -0.127. The van der Waals surface area contributed by atoms with Gasteiger partial charge in [-0.1, -0.05) is 6.07 Å². The lowest BCUT2D eigenvalue weighted by molar-refractivity contribution is -0.111. The van der Waals surface area contributed by atoms with Crippen LogP contribution in [0.15, 0.2) is 23.6 Å². The van der Waals surface area contributed by atoms with Gasteiger partial charge in [0.15, 0.2) is 5.13 Å². The number of anilines is 1. The van der Waals surface area contributed by atoms with Gasteiger partial charge in [-0.25, -0.2) is 4.98 Å². The molecular weight excluding hydrogens is 290 g/mol. The van der Waals surface area contributed by atoms with Crippen molar-refractivity contribution in [2.75, 3.05) is 18.9 Å². The van der Waals surface area contributed by atoms with E-state index in [1.54, 1.807) is 28.7 Å². The van der Waals surface area contributed by atoms with Crippen LogP contribution in [0.3, 0.4) is 0 Å². The Morgan fingerprint density at radius 3 is 3.25 bits per heavy atom. The summed E-state index contributed by atoms with van der Waals surface area (Å²) in [6.45, 7) is 1.95. The zero-order valence-electron chi connectivity index (χ0n) is 11.1. The molecule has 2 aromatic rings. The number of carbonyl (C=O) groups is 1. The van der Waals surface area contributed by atoms with Crippen LogP contribution in [0.5, 0.6) is 0 Å². The monoisotopic (exact) mass is 305 g/mol. The second kappa shape index (κ2) is 5.87. The van der Waals surface area contributed by atoms with E-state index < -0.39 is 0 Å². The number of thiazole rings is 1. The predicted molar refractivity (Wildman–Crippen MR) is 84.1 cm³/mol. The van der Waals surface area contributed by atoms with E-state index in [9.17, 15) is 4.79 Å². The number of rotatable bonds is 3. The largest absolute Gasteiger partial charge is 0.301 e. The first-order valence-electron chi connectivity index (χ1n) is 6.40. The van der Waals surface area contributed by atoms with Gasteiger partial charge in [-0.2, -0.15) is 0 Å². The van der Waals surface area contributed by atoms with Crippen molar-refractivity contribution in [2.24, 2.45) is 0 Å². The van der Waals surface area contributed by atoms with Crippen LogP contribution in [-0.2, 0) is 17.8 Å². The smallest absolute Gasteiger partial charge is 0.250 e. The van der Waals surface area contributed by atoms with Crippen molar-refractivity contribution in [3.63, 3.8) is 0 Å². The fraction of sp³-hybridized carbons (Fsp3) is 0.286. The van der Waals surface area contributed by atoms with E-state index in [2.05, 4.69) is 22.2 Å². The first kappa shape index (κ1) is 13.5. The molecule has 0 aromatic carbocycles. The standard InChI is InChI=1S/C14H15N3OS2/c1-17-7-6-11-12(9-17)20-14(15-11)16-13(18)5-4-10-3-2-8-19-10/h2-5,8H,6-7,9H2,1H3,(H,15,16,18)/b5-4+. The second-order valence-electron chi connectivity index (χ2n) is 4.71. The van der Waals surface area contributed by atoms with Crippen molar-refractivity contribution in [3.05, 3.63) is 39.0 Å². The Hall–Kier alpha value is -1.50. The molecule has 1 amide bonds. The highest BCUT2D eigenvalue weighted by molar-refractivity contribution is 7.15. The molecule has 2 aromatic heterocycles. The van der Waals surface area contributed by atoms with Gasteiger partial charge in [0.25, 0.3) is 0 Å². The molecule has 0 saturated carbocycles. The molecule has 3 heterocycles. The van der Waals surface area contributed by atoms with Gasteiger partial charge in [0.05, 0.1) is 5.69 Å². The number of nitrogens with zero attached hydrogens (tertiary/aromatic N) is 2. The molecule has 4 nitrogen and oxygen atoms in total. The van der Waals surface area contributed by atoms with Gasteiger partial charge in [-0.05, 0) is 24.6 Å². The molecule has 104 valence electrons. The average Bonchev–Trinajstić information content (AvgIpc) is 3.04. The summed E-state index contributed by atoms with van der Waals surface area (Å²) in [6, 6.07) is 3.94. The predicted octanol–water partition coefficient (Wildman–Crippen LogP) is 2.84. The molecule has 1 N–H and O–H groups in total. The van der Waals surface area contributed by atoms with E-state index in [0.717, 1.165) is 30.1 Å². The zero-order chi connectivity index (χ0) is 13.9. The number of hydrogen-bond acceptors (Lipinski definition) is 5. The Morgan fingerprint density at radius 2 is 2.45 bits per heavy atom. The van der Waals surface area contributed by atoms with Crippen molar-refractivity contribution in [2.45, 2.75) is 13.0 Å². The van der Waals surface area contributed by atoms with Crippen LogP contribution in [0.1, 0.15) is 15.4 Å². The van der Waals surface area contributed by atoms with Crippen LogP contribution in [0, 0.1) is 0 Å². The highest BCUT2D eigenvalue weighted by Crippen LogP contribution is 2.27. The van der Waals surface area contributed by atoms with E-state index in [0.29, 0.717) is 5.13 Å². The summed E-state index contributed by atoms with van der Waals surface area (Å²) in [5, 5.41) is 5.53. The molecule has 20 heavy (non-hydrogen) atoms. The van der Waals surface area contributed by atoms with Crippen LogP contribution < -0.4 is 5.32 Å². The van der Waals surface area contributed by atoms with Crippen molar-refractivity contribution in [1.29, 1.82) is 0 Å². The van der Waals surface area contributed by atoms with E-state index in [-0.39, 0.29) is 5.91 Å². The highest BCUT2D eigenvalue weighted by atomic mass is 32.1. The lowest BCUT2D eigenvalue weighted by Crippen LogP contribution is -2.25. The first-order valence-corrected chi connectivity index (χ1v) is 8.10. The van der Waals surface area contributed by atoms with Crippen molar-refractivity contribution >= 4 is 39.8 Å². The average molecular weight is 305 g/mol. The van der Waals surface area contributed by atoms with E-state index in [1.807, 2.05) is 23.6 Å². The Balaban J connectivity index is 1.64. The third-order valence-corrected chi connectivity index (χ3v) is 4.93. The number of hydrogen-bond donors (Lipinski definition) is 1. The van der Waals surface area contributed by atoms with Gasteiger partial charge in [-0.15, -0.1) is 22.7 Å². The quantitative estimate of drug-likeness (QED) is 0.887. The summed E-state index contributed by atoms with van der Waals surface area (Å²) in [7, 11) is 2.10. The highest BCUT2D eigenvalue weighted by Gasteiger charge is 2.18. The van der Waals surface area contributed by atoms with Crippen LogP contribution >= 0.6 is 22.7 Å². The Labute approximate surface area is 125 Å². The molecule has 0 atom stereocenters. The lowest BCUT2D eigenvalue weighted by atomic mass is 10.2. The molecule has 0 spiro atoms. The Bertz CT molecular complexity index is 631. The molecule has 0 saturated heterocycles. The Morgan fingerprint density at radius 1 is 1.55 bits per heavy atom. The summed E-state index contributed by atoms with van der Waals surface area (Å²) in [5.41, 5.74) is 1.13. The number of aromatic nitrogens is 1. The maximum atomic E-state index is 11.8. The Kier molecular flexibility index (Phi) is 3.95. The summed E-state index contributed by atoms with van der Waals surface area (Å²) >= 11 is 3.18. The summed E-state index contributed by atoms with van der Waals surface area (Å²) in [6.07, 6.45) is 4.34. The zero-order valence-corrected chi connectivity index (χ0v) is 12.8. The van der Waals surface area contributed by atoms with Gasteiger partial charge in [0.2, 0.25) is 5.91 Å². The maximum absolute atomic E-state index is 11.8. The number of carbonyl (C=O) groups excluding carboxylic acids is 1. The molecule has 0 radical (unpaired) electrons. The maximum Gasteiger partial charge on any atom is 0.250 e. The normalized spacial score (nSPS) is 15.4. The van der Waals surface area contributed by atoms with Crippen LogP contribution in [-0.4, -0.2) is 29.4 Å². The van der Waals surface area contributed by atoms with Crippen LogP contribution in [0.2, 0.25) is 0 Å². The molecule has 3 rings (SSSR count). The van der Waals surface area contributed by atoms with Crippen molar-refractivity contribution < 1.29 is 4.79 Å². The van der Waals surface area contributed by atoms with Gasteiger partial charge in [0, 0.05) is 35.3 Å². The topological polar surface area (TPSA) is 45.2 Å². The van der Waals surface area contributed by atoms with Gasteiger partial charge >= 0.3 is 0 Å². The third-order valence-electron chi connectivity index (χ3n) is 3.09. The molecule has 0 aliphatic carbocycles. The van der Waals surface area contributed by atoms with Gasteiger partial charge < -0.3 is 4.90 Å². The minimum atomic E-state index is -0.127. The van der Waals surface area contributed by atoms with Crippen molar-refractivity contribution in [3.8, 4) is 0 Å². The number of likely N-dealkylation sites (N-methyl/N-ethyl adjacent to an activating group) is 1. The SMILES string of the molecule is CN1CCc2nc(NC(=O)/C=C/c3cccs3)sc2C1. The molecule has 0 bridgehead atoms. The molecule has 6 heteroatoms. The fourth-order valence-corrected chi connectivity index (χ4v) is 3.78. The minimum Gasteiger partial charge on any atom is -0.301 e. The number of thiophene rings is 1. The number of nitrogens with one attached hydrogen (secondary N) is 1. The van der Waals surface area contributed by atoms with E-state index >= 15 is 0 Å². The van der Waals surface area contributed by atoms with Crippen LogP contribution in [0.25, 0.3) is 6.08 Å². The second-order valence-corrected chi connectivity index (χ2v) is 6.78. The lowest BCUT2D eigenvalue weighted by Gasteiger charge is -2.20. The number of fused-ring (bicyclic) bond motifs is 1. The summed E-state index contributed by atoms with van der Waals surface area (Å²) in [4.78, 5) is 20.9. The minimum absolute atomic E-state index is 0.127. The molecule has 0 unspecified atom stereocenters. The van der Waals surface area contributed by atoms with E-state index in [4.69, 9.17) is 0 Å². The van der Waals surface area contributed by atoms with Gasteiger partial charge in [-0.3, -0.25) is 10.1 Å². The third kappa shape index (κ3) is 3.15. The first-order chi connectivity index (χ1) is 9.70. The number of amides is 1. The molecule has 1 aliphatic rings. The fourth-order valence-electron chi connectivity index (χ4n) is 2.07.